The van der Waals surface area contributed by atoms with E-state index in [1.807, 2.05) is 6.07 Å². The molecule has 1 aromatic carbocycles. The number of nitriles is 1. The first-order valence-electron chi connectivity index (χ1n) is 5.22. The maximum Gasteiger partial charge on any atom is 0.274 e. The van der Waals surface area contributed by atoms with Gasteiger partial charge in [-0.1, -0.05) is 0 Å². The molecule has 1 heterocycles. The molecular weight excluding hydrogens is 252 g/mol. The number of pyridine rings is 1. The third-order valence-corrected chi connectivity index (χ3v) is 2.25. The smallest absolute Gasteiger partial charge is 0.274 e. The number of rotatable bonds is 2. The van der Waals surface area contributed by atoms with Gasteiger partial charge in [0.15, 0.2) is 0 Å². The average molecular weight is 259 g/mol. The van der Waals surface area contributed by atoms with E-state index < -0.39 is 17.5 Å². The van der Waals surface area contributed by atoms with Gasteiger partial charge in [0.05, 0.1) is 5.56 Å². The molecule has 4 nitrogen and oxygen atoms in total. The topological polar surface area (TPSA) is 65.8 Å². The number of nitrogens with one attached hydrogen (secondary N) is 1. The highest BCUT2D eigenvalue weighted by Crippen LogP contribution is 2.13. The maximum absolute atomic E-state index is 12.9. The van der Waals surface area contributed by atoms with Crippen molar-refractivity contribution < 1.29 is 13.6 Å². The van der Waals surface area contributed by atoms with E-state index in [4.69, 9.17) is 5.26 Å². The summed E-state index contributed by atoms with van der Waals surface area (Å²) in [5.74, 6) is -2.19. The Hall–Kier alpha value is -2.81. The largest absolute Gasteiger partial charge is 0.320 e. The second-order valence-electron chi connectivity index (χ2n) is 3.66. The van der Waals surface area contributed by atoms with Crippen molar-refractivity contribution in [3.8, 4) is 6.07 Å². The lowest BCUT2D eigenvalue weighted by Gasteiger charge is -2.05. The van der Waals surface area contributed by atoms with Gasteiger partial charge in [-0.05, 0) is 24.3 Å². The third-order valence-electron chi connectivity index (χ3n) is 2.25. The van der Waals surface area contributed by atoms with E-state index in [-0.39, 0.29) is 11.4 Å². The summed E-state index contributed by atoms with van der Waals surface area (Å²) in [7, 11) is 0. The molecule has 19 heavy (non-hydrogen) atoms. The summed E-state index contributed by atoms with van der Waals surface area (Å²) < 4.78 is 25.9. The third kappa shape index (κ3) is 3.10. The lowest BCUT2D eigenvalue weighted by molar-refractivity contribution is 0.102. The molecule has 0 unspecified atom stereocenters. The normalized spacial score (nSPS) is 9.74. The lowest BCUT2D eigenvalue weighted by atomic mass is 10.2. The van der Waals surface area contributed by atoms with Gasteiger partial charge >= 0.3 is 0 Å². The second-order valence-corrected chi connectivity index (χ2v) is 3.66. The highest BCUT2D eigenvalue weighted by atomic mass is 19.1. The summed E-state index contributed by atoms with van der Waals surface area (Å²) in [6.07, 6.45) is 1.24. The van der Waals surface area contributed by atoms with Gasteiger partial charge in [0.25, 0.3) is 5.91 Å². The fourth-order valence-electron chi connectivity index (χ4n) is 1.42. The van der Waals surface area contributed by atoms with E-state index >= 15 is 0 Å². The number of anilines is 1. The molecule has 6 heteroatoms. The number of amides is 1. The molecule has 2 rings (SSSR count). The highest BCUT2D eigenvalue weighted by Gasteiger charge is 2.09. The predicted octanol–water partition coefficient (Wildman–Crippen LogP) is 2.48. The minimum atomic E-state index is -0.789. The molecule has 1 N–H and O–H groups in total. The summed E-state index contributed by atoms with van der Waals surface area (Å²) in [6, 6.07) is 7.33. The molecule has 0 aliphatic carbocycles. The van der Waals surface area contributed by atoms with Crippen molar-refractivity contribution in [1.29, 1.82) is 5.26 Å². The van der Waals surface area contributed by atoms with Crippen molar-refractivity contribution in [3.05, 3.63) is 59.4 Å². The summed E-state index contributed by atoms with van der Waals surface area (Å²) in [5, 5.41) is 10.9. The lowest BCUT2D eigenvalue weighted by Crippen LogP contribution is -2.13. The molecule has 1 aromatic heterocycles. The maximum atomic E-state index is 12.9. The van der Waals surface area contributed by atoms with Crippen molar-refractivity contribution in [1.82, 2.24) is 4.98 Å². The Morgan fingerprint density at radius 3 is 2.42 bits per heavy atom. The van der Waals surface area contributed by atoms with Crippen molar-refractivity contribution in [2.24, 2.45) is 0 Å². The van der Waals surface area contributed by atoms with Crippen LogP contribution < -0.4 is 5.32 Å². The van der Waals surface area contributed by atoms with Crippen LogP contribution in [0, 0.1) is 23.0 Å². The molecule has 0 saturated heterocycles. The average Bonchev–Trinajstić information content (AvgIpc) is 2.37. The van der Waals surface area contributed by atoms with E-state index in [2.05, 4.69) is 10.3 Å². The van der Waals surface area contributed by atoms with Gasteiger partial charge in [0, 0.05) is 18.0 Å². The van der Waals surface area contributed by atoms with Gasteiger partial charge < -0.3 is 5.32 Å². The molecular formula is C13H7F2N3O. The van der Waals surface area contributed by atoms with Crippen molar-refractivity contribution >= 4 is 11.6 Å². The molecule has 94 valence electrons. The Kier molecular flexibility index (Phi) is 3.48. The van der Waals surface area contributed by atoms with Crippen molar-refractivity contribution in [3.63, 3.8) is 0 Å². The van der Waals surface area contributed by atoms with Crippen molar-refractivity contribution in [2.75, 3.05) is 5.32 Å². The molecule has 0 atom stereocenters. The van der Waals surface area contributed by atoms with E-state index in [0.717, 1.165) is 12.1 Å². The quantitative estimate of drug-likeness (QED) is 0.901. The van der Waals surface area contributed by atoms with E-state index in [1.165, 1.54) is 18.3 Å². The zero-order valence-corrected chi connectivity index (χ0v) is 9.52. The van der Waals surface area contributed by atoms with Crippen LogP contribution in [0.4, 0.5) is 14.5 Å². The molecule has 1 amide bonds. The monoisotopic (exact) mass is 259 g/mol. The van der Waals surface area contributed by atoms with E-state index in [9.17, 15) is 13.6 Å². The molecule has 2 aromatic rings. The first-order valence-corrected chi connectivity index (χ1v) is 5.22. The van der Waals surface area contributed by atoms with Gasteiger partial charge in [0.2, 0.25) is 0 Å². The summed E-state index contributed by atoms with van der Waals surface area (Å²) in [6.45, 7) is 0. The first-order chi connectivity index (χ1) is 9.08. The minimum Gasteiger partial charge on any atom is -0.320 e. The first kappa shape index (κ1) is 12.6. The number of carbonyl (C=O) groups is 1. The number of halogens is 2. The second kappa shape index (κ2) is 5.23. The Balaban J connectivity index is 2.18. The molecule has 0 saturated carbocycles. The van der Waals surface area contributed by atoms with Gasteiger partial charge in [-0.15, -0.1) is 0 Å². The fraction of sp³-hybridized carbons (Fsp3) is 0. The zero-order chi connectivity index (χ0) is 13.8. The number of hydrogen-bond donors (Lipinski definition) is 1. The number of nitrogens with zero attached hydrogens (tertiary/aromatic N) is 2. The molecule has 0 aliphatic heterocycles. The zero-order valence-electron chi connectivity index (χ0n) is 9.52. The number of carbonyl (C=O) groups excluding carboxylic acids is 1. The Bertz CT molecular complexity index is 642. The van der Waals surface area contributed by atoms with Crippen LogP contribution in [0.25, 0.3) is 0 Å². The summed E-state index contributed by atoms with van der Waals surface area (Å²) in [5.41, 5.74) is 0.352. The van der Waals surface area contributed by atoms with Crippen LogP contribution in [0.15, 0.2) is 36.5 Å². The van der Waals surface area contributed by atoms with Crippen LogP contribution in [0.5, 0.6) is 0 Å². The van der Waals surface area contributed by atoms with Crippen LogP contribution in [0.1, 0.15) is 16.1 Å². The summed E-state index contributed by atoms with van der Waals surface area (Å²) in [4.78, 5) is 15.5. The van der Waals surface area contributed by atoms with E-state index in [1.54, 1.807) is 0 Å². The van der Waals surface area contributed by atoms with Crippen molar-refractivity contribution in [2.45, 2.75) is 0 Å². The molecule has 0 bridgehead atoms. The SMILES string of the molecule is N#Cc1ccc(C(=O)Nc2cc(F)cc(F)c2)nc1. The Morgan fingerprint density at radius 2 is 1.89 bits per heavy atom. The molecule has 0 radical (unpaired) electrons. The van der Waals surface area contributed by atoms with Crippen LogP contribution >= 0.6 is 0 Å². The van der Waals surface area contributed by atoms with Crippen LogP contribution in [-0.4, -0.2) is 10.9 Å². The van der Waals surface area contributed by atoms with Crippen LogP contribution in [-0.2, 0) is 0 Å². The van der Waals surface area contributed by atoms with Gasteiger partial charge in [-0.2, -0.15) is 5.26 Å². The summed E-state index contributed by atoms with van der Waals surface area (Å²) >= 11 is 0. The Morgan fingerprint density at radius 1 is 1.21 bits per heavy atom. The number of hydrogen-bond acceptors (Lipinski definition) is 3. The molecule has 0 fully saturated rings. The Labute approximate surface area is 107 Å². The van der Waals surface area contributed by atoms with Gasteiger partial charge in [-0.25, -0.2) is 13.8 Å². The molecule has 0 spiro atoms. The predicted molar refractivity (Wildman–Crippen MR) is 63.3 cm³/mol. The van der Waals surface area contributed by atoms with Gasteiger partial charge in [0.1, 0.15) is 23.4 Å². The highest BCUT2D eigenvalue weighted by molar-refractivity contribution is 6.02. The van der Waals surface area contributed by atoms with E-state index in [0.29, 0.717) is 11.6 Å². The van der Waals surface area contributed by atoms with Gasteiger partial charge in [-0.3, -0.25) is 4.79 Å². The van der Waals surface area contributed by atoms with Crippen LogP contribution in [0.2, 0.25) is 0 Å². The molecule has 0 aliphatic rings. The fourth-order valence-corrected chi connectivity index (χ4v) is 1.42. The minimum absolute atomic E-state index is 0.00587. The number of benzene rings is 1. The van der Waals surface area contributed by atoms with Crippen LogP contribution in [0.3, 0.4) is 0 Å². The standard InChI is InChI=1S/C13H7F2N3O/c14-9-3-10(15)5-11(4-9)18-13(19)12-2-1-8(6-16)7-17-12/h1-5,7H,(H,18,19). The number of aromatic nitrogens is 1.